The summed E-state index contributed by atoms with van der Waals surface area (Å²) in [4.78, 5) is 0. The summed E-state index contributed by atoms with van der Waals surface area (Å²) < 4.78 is 9.71. The van der Waals surface area contributed by atoms with Crippen LogP contribution in [0.2, 0.25) is 0 Å². The van der Waals surface area contributed by atoms with Crippen molar-refractivity contribution >= 4 is 0 Å². The summed E-state index contributed by atoms with van der Waals surface area (Å²) in [5, 5.41) is 0. The van der Waals surface area contributed by atoms with Crippen molar-refractivity contribution in [2.75, 3.05) is 19.8 Å². The second kappa shape index (κ2) is 4.81. The van der Waals surface area contributed by atoms with Gasteiger partial charge in [0.25, 0.3) is 0 Å². The van der Waals surface area contributed by atoms with Gasteiger partial charge >= 0.3 is 22.4 Å². The van der Waals surface area contributed by atoms with Gasteiger partial charge in [-0.3, -0.25) is 0 Å². The molecule has 1 aliphatic rings. The minimum atomic E-state index is 0. The molecule has 0 N–H and O–H groups in total. The van der Waals surface area contributed by atoms with Crippen molar-refractivity contribution in [3.8, 4) is 0 Å². The Morgan fingerprint density at radius 2 is 2.14 bits per heavy atom. The summed E-state index contributed by atoms with van der Waals surface area (Å²) >= 11 is 0. The average molecular weight is 284 g/mol. The maximum absolute atomic E-state index is 4.89. The van der Waals surface area contributed by atoms with Crippen LogP contribution in [0.3, 0.4) is 0 Å². The van der Waals surface area contributed by atoms with Gasteiger partial charge in [0.2, 0.25) is 0 Å². The third-order valence-corrected chi connectivity index (χ3v) is 0.649. The Bertz CT molecular complexity index is 25.2. The van der Waals surface area contributed by atoms with Gasteiger partial charge in [-0.1, -0.05) is 6.61 Å². The van der Waals surface area contributed by atoms with Crippen LogP contribution >= 0.6 is 0 Å². The number of hydrogen-bond acceptors (Lipinski definition) is 2. The minimum Gasteiger partial charge on any atom is -0.548 e. The maximum atomic E-state index is 4.89. The standard InChI is InChI=1S/C4H7O2.Au/c1-2-6-4-3-5-1;/h1H,2-4H2;/q-1;+1. The number of ether oxygens (including phenoxy) is 2. The van der Waals surface area contributed by atoms with E-state index in [0.717, 1.165) is 13.2 Å². The summed E-state index contributed by atoms with van der Waals surface area (Å²) in [7, 11) is 0. The van der Waals surface area contributed by atoms with E-state index in [1.807, 2.05) is 0 Å². The first-order valence-electron chi connectivity index (χ1n) is 2.01. The van der Waals surface area contributed by atoms with E-state index in [4.69, 9.17) is 9.47 Å². The Morgan fingerprint density at radius 3 is 2.29 bits per heavy atom. The Morgan fingerprint density at radius 1 is 1.29 bits per heavy atom. The van der Waals surface area contributed by atoms with Gasteiger partial charge < -0.3 is 9.47 Å². The summed E-state index contributed by atoms with van der Waals surface area (Å²) in [5.74, 6) is 0. The van der Waals surface area contributed by atoms with Crippen LogP contribution in [0, 0.1) is 6.61 Å². The molecule has 1 fully saturated rings. The quantitative estimate of drug-likeness (QED) is 0.467. The van der Waals surface area contributed by atoms with Gasteiger partial charge in [0.05, 0.1) is 6.61 Å². The van der Waals surface area contributed by atoms with Gasteiger partial charge in [0.1, 0.15) is 0 Å². The molecule has 1 rings (SSSR count). The van der Waals surface area contributed by atoms with Gasteiger partial charge in [-0.25, -0.2) is 0 Å². The van der Waals surface area contributed by atoms with Crippen molar-refractivity contribution in [2.45, 2.75) is 0 Å². The van der Waals surface area contributed by atoms with Gasteiger partial charge in [-0.05, 0) is 0 Å². The van der Waals surface area contributed by atoms with Gasteiger partial charge in [0.15, 0.2) is 0 Å². The fourth-order valence-electron chi connectivity index (χ4n) is 0.370. The van der Waals surface area contributed by atoms with Crippen molar-refractivity contribution in [1.29, 1.82) is 0 Å². The molecule has 2 nitrogen and oxygen atoms in total. The molecule has 1 aliphatic heterocycles. The summed E-state index contributed by atoms with van der Waals surface area (Å²) in [5.41, 5.74) is 0. The molecule has 0 bridgehead atoms. The van der Waals surface area contributed by atoms with Crippen molar-refractivity contribution in [3.63, 3.8) is 0 Å². The molecule has 3 heteroatoms. The third kappa shape index (κ3) is 3.26. The smallest absolute Gasteiger partial charge is 0.548 e. The molecule has 7 heavy (non-hydrogen) atoms. The molecular weight excluding hydrogens is 277 g/mol. The molecule has 0 radical (unpaired) electrons. The second-order valence-electron chi connectivity index (χ2n) is 1.11. The Hall–Kier alpha value is 0.660. The molecule has 1 saturated heterocycles. The van der Waals surface area contributed by atoms with Crippen molar-refractivity contribution in [1.82, 2.24) is 0 Å². The molecule has 0 atom stereocenters. The van der Waals surface area contributed by atoms with Crippen LogP contribution < -0.4 is 0 Å². The first-order chi connectivity index (χ1) is 3.00. The van der Waals surface area contributed by atoms with E-state index in [-0.39, 0.29) is 22.4 Å². The van der Waals surface area contributed by atoms with Crippen molar-refractivity contribution in [2.24, 2.45) is 0 Å². The fourth-order valence-corrected chi connectivity index (χ4v) is 0.370. The molecule has 0 saturated carbocycles. The Balaban J connectivity index is 0.000000360. The SMILES string of the molecule is [Au+].[CH-]1COCCO1. The van der Waals surface area contributed by atoms with E-state index >= 15 is 0 Å². The van der Waals surface area contributed by atoms with Crippen LogP contribution in [-0.4, -0.2) is 19.8 Å². The molecule has 1 heterocycles. The second-order valence-corrected chi connectivity index (χ2v) is 1.11. The molecule has 0 aromatic heterocycles. The zero-order chi connectivity index (χ0) is 4.24. The molecule has 0 spiro atoms. The fraction of sp³-hybridized carbons (Fsp3) is 0.750. The van der Waals surface area contributed by atoms with Crippen LogP contribution in [0.4, 0.5) is 0 Å². The normalized spacial score (nSPS) is 20.6. The largest absolute Gasteiger partial charge is 1.00 e. The van der Waals surface area contributed by atoms with Crippen molar-refractivity contribution in [3.05, 3.63) is 6.61 Å². The minimum absolute atomic E-state index is 0. The number of rotatable bonds is 0. The molecule has 0 amide bonds. The zero-order valence-electron chi connectivity index (χ0n) is 3.82. The molecule has 0 unspecified atom stereocenters. The molecule has 0 aromatic carbocycles. The Labute approximate surface area is 58.7 Å². The molecule has 46 valence electrons. The van der Waals surface area contributed by atoms with Crippen molar-refractivity contribution < 1.29 is 31.9 Å². The van der Waals surface area contributed by atoms with Gasteiger partial charge in [-0.15, -0.1) is 0 Å². The summed E-state index contributed by atoms with van der Waals surface area (Å²) in [6.45, 7) is 3.79. The third-order valence-electron chi connectivity index (χ3n) is 0.649. The van der Waals surface area contributed by atoms with E-state index in [9.17, 15) is 0 Å². The molecular formula is C4H7AuO2. The van der Waals surface area contributed by atoms with E-state index < -0.39 is 0 Å². The molecule has 0 aliphatic carbocycles. The Kier molecular flexibility index (Phi) is 5.26. The maximum Gasteiger partial charge on any atom is 1.00 e. The monoisotopic (exact) mass is 284 g/mol. The van der Waals surface area contributed by atoms with Crippen LogP contribution in [-0.2, 0) is 31.9 Å². The van der Waals surface area contributed by atoms with Gasteiger partial charge in [0, 0.05) is 6.61 Å². The first kappa shape index (κ1) is 7.66. The van der Waals surface area contributed by atoms with E-state index in [0.29, 0.717) is 6.61 Å². The van der Waals surface area contributed by atoms with Crippen LogP contribution in [0.25, 0.3) is 0 Å². The van der Waals surface area contributed by atoms with E-state index in [1.165, 1.54) is 0 Å². The summed E-state index contributed by atoms with van der Waals surface area (Å²) in [6, 6.07) is 0. The zero-order valence-corrected chi connectivity index (χ0v) is 5.98. The number of hydrogen-bond donors (Lipinski definition) is 0. The van der Waals surface area contributed by atoms with Crippen LogP contribution in [0.15, 0.2) is 0 Å². The van der Waals surface area contributed by atoms with Crippen LogP contribution in [0.5, 0.6) is 0 Å². The van der Waals surface area contributed by atoms with Gasteiger partial charge in [-0.2, -0.15) is 6.61 Å². The first-order valence-corrected chi connectivity index (χ1v) is 2.01. The van der Waals surface area contributed by atoms with Crippen LogP contribution in [0.1, 0.15) is 0 Å². The average Bonchev–Trinajstić information content (AvgIpc) is 1.72. The predicted molar refractivity (Wildman–Crippen MR) is 21.1 cm³/mol. The predicted octanol–water partition coefficient (Wildman–Crippen LogP) is 0.192. The molecule has 0 aromatic rings. The van der Waals surface area contributed by atoms with E-state index in [1.54, 1.807) is 6.61 Å². The summed E-state index contributed by atoms with van der Waals surface area (Å²) in [6.07, 6.45) is 0. The topological polar surface area (TPSA) is 18.5 Å². The van der Waals surface area contributed by atoms with E-state index in [2.05, 4.69) is 0 Å².